The molecular formula is C19H18ClN3O. The highest BCUT2D eigenvalue weighted by Gasteiger charge is 2.18. The topological polar surface area (TPSA) is 46.9 Å². The van der Waals surface area contributed by atoms with Crippen molar-refractivity contribution in [2.75, 3.05) is 0 Å². The van der Waals surface area contributed by atoms with Crippen LogP contribution in [0.5, 0.6) is 0 Å². The van der Waals surface area contributed by atoms with E-state index in [0.717, 1.165) is 16.9 Å². The molecule has 0 saturated carbocycles. The summed E-state index contributed by atoms with van der Waals surface area (Å²) in [4.78, 5) is 17.1. The van der Waals surface area contributed by atoms with Crippen LogP contribution in [-0.2, 0) is 6.54 Å². The molecule has 4 nitrogen and oxygen atoms in total. The van der Waals surface area contributed by atoms with Crippen molar-refractivity contribution in [2.45, 2.75) is 19.5 Å². The van der Waals surface area contributed by atoms with Gasteiger partial charge in [-0.15, -0.1) is 6.58 Å². The van der Waals surface area contributed by atoms with Gasteiger partial charge in [0.05, 0.1) is 17.1 Å². The van der Waals surface area contributed by atoms with Crippen LogP contribution < -0.4 is 5.32 Å². The highest BCUT2D eigenvalue weighted by Crippen LogP contribution is 2.21. The highest BCUT2D eigenvalue weighted by atomic mass is 35.5. The predicted octanol–water partition coefficient (Wildman–Crippen LogP) is 4.37. The van der Waals surface area contributed by atoms with Crippen molar-refractivity contribution >= 4 is 28.5 Å². The Hall–Kier alpha value is -2.59. The third kappa shape index (κ3) is 3.19. The molecule has 5 heteroatoms. The van der Waals surface area contributed by atoms with Gasteiger partial charge in [0.15, 0.2) is 0 Å². The first-order valence-corrected chi connectivity index (χ1v) is 8.10. The van der Waals surface area contributed by atoms with E-state index in [-0.39, 0.29) is 11.9 Å². The Labute approximate surface area is 145 Å². The molecule has 1 atom stereocenters. The van der Waals surface area contributed by atoms with Crippen molar-refractivity contribution < 1.29 is 4.79 Å². The Morgan fingerprint density at radius 3 is 2.71 bits per heavy atom. The van der Waals surface area contributed by atoms with Gasteiger partial charge in [-0.2, -0.15) is 0 Å². The Morgan fingerprint density at radius 2 is 2.00 bits per heavy atom. The van der Waals surface area contributed by atoms with Gasteiger partial charge >= 0.3 is 0 Å². The molecule has 3 aromatic rings. The Balaban J connectivity index is 1.89. The highest BCUT2D eigenvalue weighted by molar-refractivity contribution is 6.30. The molecule has 2 aromatic carbocycles. The SMILES string of the molecule is C=CCn1c([C@@H](C)NC(=O)c2ccc(Cl)cc2)nc2ccccc21. The van der Waals surface area contributed by atoms with Crippen molar-refractivity contribution in [3.8, 4) is 0 Å². The lowest BCUT2D eigenvalue weighted by Crippen LogP contribution is -2.28. The number of rotatable bonds is 5. The van der Waals surface area contributed by atoms with Gasteiger partial charge in [-0.05, 0) is 43.3 Å². The van der Waals surface area contributed by atoms with Crippen LogP contribution in [0.2, 0.25) is 5.02 Å². The molecule has 1 amide bonds. The van der Waals surface area contributed by atoms with Gasteiger partial charge in [-0.25, -0.2) is 4.98 Å². The Morgan fingerprint density at radius 1 is 1.29 bits per heavy atom. The molecule has 0 aliphatic rings. The second-order valence-corrected chi connectivity index (χ2v) is 6.00. The number of amides is 1. The lowest BCUT2D eigenvalue weighted by Gasteiger charge is -2.15. The molecule has 24 heavy (non-hydrogen) atoms. The van der Waals surface area contributed by atoms with E-state index in [0.29, 0.717) is 17.1 Å². The maximum absolute atomic E-state index is 12.4. The van der Waals surface area contributed by atoms with Crippen LogP contribution in [0.25, 0.3) is 11.0 Å². The van der Waals surface area contributed by atoms with Gasteiger partial charge in [-0.3, -0.25) is 4.79 Å². The average Bonchev–Trinajstić information content (AvgIpc) is 2.95. The zero-order chi connectivity index (χ0) is 17.1. The minimum absolute atomic E-state index is 0.156. The summed E-state index contributed by atoms with van der Waals surface area (Å²) in [7, 11) is 0. The van der Waals surface area contributed by atoms with Crippen LogP contribution in [0, 0.1) is 0 Å². The number of nitrogens with one attached hydrogen (secondary N) is 1. The van der Waals surface area contributed by atoms with Gasteiger partial charge < -0.3 is 9.88 Å². The van der Waals surface area contributed by atoms with Crippen molar-refractivity contribution in [1.29, 1.82) is 0 Å². The fraction of sp³-hybridized carbons (Fsp3) is 0.158. The van der Waals surface area contributed by atoms with Crippen molar-refractivity contribution in [3.05, 3.63) is 77.6 Å². The second kappa shape index (κ2) is 6.89. The monoisotopic (exact) mass is 339 g/mol. The van der Waals surface area contributed by atoms with Crippen LogP contribution in [-0.4, -0.2) is 15.5 Å². The van der Waals surface area contributed by atoms with Gasteiger partial charge in [0, 0.05) is 17.1 Å². The zero-order valence-corrected chi connectivity index (χ0v) is 14.1. The van der Waals surface area contributed by atoms with Crippen LogP contribution in [0.4, 0.5) is 0 Å². The van der Waals surface area contributed by atoms with Crippen LogP contribution in [0.15, 0.2) is 61.2 Å². The molecule has 0 saturated heterocycles. The third-order valence-electron chi connectivity index (χ3n) is 3.84. The fourth-order valence-corrected chi connectivity index (χ4v) is 2.82. The zero-order valence-electron chi connectivity index (χ0n) is 13.4. The minimum atomic E-state index is -0.236. The molecule has 0 fully saturated rings. The maximum atomic E-state index is 12.4. The summed E-state index contributed by atoms with van der Waals surface area (Å²) in [5.41, 5.74) is 2.50. The number of aromatic nitrogens is 2. The predicted molar refractivity (Wildman–Crippen MR) is 97.3 cm³/mol. The van der Waals surface area contributed by atoms with E-state index < -0.39 is 0 Å². The first kappa shape index (κ1) is 16.3. The summed E-state index contributed by atoms with van der Waals surface area (Å²) in [6.45, 7) is 6.37. The number of allylic oxidation sites excluding steroid dienone is 1. The summed E-state index contributed by atoms with van der Waals surface area (Å²) in [6, 6.07) is 14.5. The normalized spacial score (nSPS) is 12.1. The van der Waals surface area contributed by atoms with E-state index in [2.05, 4.69) is 21.4 Å². The molecule has 122 valence electrons. The van der Waals surface area contributed by atoms with Crippen LogP contribution in [0.1, 0.15) is 29.1 Å². The molecule has 0 radical (unpaired) electrons. The standard InChI is InChI=1S/C19H18ClN3O/c1-3-12-23-17-7-5-4-6-16(17)22-18(23)13(2)21-19(24)14-8-10-15(20)11-9-14/h3-11,13H,1,12H2,2H3,(H,21,24)/t13-/m1/s1. The van der Waals surface area contributed by atoms with E-state index in [1.807, 2.05) is 37.3 Å². The largest absolute Gasteiger partial charge is 0.342 e. The quantitative estimate of drug-likeness (QED) is 0.702. The summed E-state index contributed by atoms with van der Waals surface area (Å²) in [6.07, 6.45) is 1.82. The second-order valence-electron chi connectivity index (χ2n) is 5.56. The molecule has 0 bridgehead atoms. The van der Waals surface area contributed by atoms with Crippen LogP contribution in [0.3, 0.4) is 0 Å². The number of imidazole rings is 1. The van der Waals surface area contributed by atoms with E-state index >= 15 is 0 Å². The molecule has 0 spiro atoms. The molecule has 0 aliphatic carbocycles. The van der Waals surface area contributed by atoms with E-state index in [1.54, 1.807) is 24.3 Å². The van der Waals surface area contributed by atoms with Gasteiger partial charge in [-0.1, -0.05) is 29.8 Å². The van der Waals surface area contributed by atoms with Crippen molar-refractivity contribution in [1.82, 2.24) is 14.9 Å². The third-order valence-corrected chi connectivity index (χ3v) is 4.09. The number of nitrogens with zero attached hydrogens (tertiary/aromatic N) is 2. The number of fused-ring (bicyclic) bond motifs is 1. The lowest BCUT2D eigenvalue weighted by atomic mass is 10.2. The lowest BCUT2D eigenvalue weighted by molar-refractivity contribution is 0.0938. The maximum Gasteiger partial charge on any atom is 0.251 e. The molecule has 3 rings (SSSR count). The number of carbonyl (C=O) groups excluding carboxylic acids is 1. The molecular weight excluding hydrogens is 322 g/mol. The summed E-state index contributed by atoms with van der Waals surface area (Å²) >= 11 is 5.86. The van der Waals surface area contributed by atoms with E-state index in [4.69, 9.17) is 11.6 Å². The summed E-state index contributed by atoms with van der Waals surface area (Å²) in [5.74, 6) is 0.648. The van der Waals surface area contributed by atoms with Gasteiger partial charge in [0.25, 0.3) is 5.91 Å². The molecule has 0 unspecified atom stereocenters. The number of para-hydroxylation sites is 2. The molecule has 1 N–H and O–H groups in total. The Kier molecular flexibility index (Phi) is 4.67. The molecule has 1 aromatic heterocycles. The smallest absolute Gasteiger partial charge is 0.251 e. The number of hydrogen-bond acceptors (Lipinski definition) is 2. The number of halogens is 1. The first-order valence-electron chi connectivity index (χ1n) is 7.72. The minimum Gasteiger partial charge on any atom is -0.342 e. The van der Waals surface area contributed by atoms with Crippen molar-refractivity contribution in [2.24, 2.45) is 0 Å². The number of carbonyl (C=O) groups is 1. The summed E-state index contributed by atoms with van der Waals surface area (Å²) < 4.78 is 2.06. The fourth-order valence-electron chi connectivity index (χ4n) is 2.69. The Bertz CT molecular complexity index is 883. The van der Waals surface area contributed by atoms with Crippen LogP contribution >= 0.6 is 11.6 Å². The van der Waals surface area contributed by atoms with E-state index in [1.165, 1.54) is 0 Å². The average molecular weight is 340 g/mol. The summed E-state index contributed by atoms with van der Waals surface area (Å²) in [5, 5.41) is 3.60. The van der Waals surface area contributed by atoms with Gasteiger partial charge in [0.1, 0.15) is 5.82 Å². The van der Waals surface area contributed by atoms with E-state index in [9.17, 15) is 4.79 Å². The molecule has 0 aliphatic heterocycles. The first-order chi connectivity index (χ1) is 11.6. The number of hydrogen-bond donors (Lipinski definition) is 1. The van der Waals surface area contributed by atoms with Gasteiger partial charge in [0.2, 0.25) is 0 Å². The van der Waals surface area contributed by atoms with Crippen molar-refractivity contribution in [3.63, 3.8) is 0 Å². The number of benzene rings is 2. The molecule has 1 heterocycles.